The molecule has 0 unspecified atom stereocenters. The third-order valence-corrected chi connectivity index (χ3v) is 6.01. The molecule has 8 nitrogen and oxygen atoms in total. The highest BCUT2D eigenvalue weighted by atomic mass is 32.2. The van der Waals surface area contributed by atoms with Crippen molar-refractivity contribution in [1.82, 2.24) is 4.72 Å². The van der Waals surface area contributed by atoms with Gasteiger partial charge >= 0.3 is 5.97 Å². The lowest BCUT2D eigenvalue weighted by Crippen LogP contribution is -2.44. The normalized spacial score (nSPS) is 13.9. The van der Waals surface area contributed by atoms with Crippen LogP contribution in [-0.4, -0.2) is 39.6 Å². The van der Waals surface area contributed by atoms with Crippen LogP contribution in [-0.2, 0) is 14.8 Å². The van der Waals surface area contributed by atoms with Gasteiger partial charge in [-0.05, 0) is 54.4 Å². The van der Waals surface area contributed by atoms with Crippen LogP contribution < -0.4 is 9.62 Å². The summed E-state index contributed by atoms with van der Waals surface area (Å²) in [6, 6.07) is 12.1. The van der Waals surface area contributed by atoms with Gasteiger partial charge in [0.2, 0.25) is 10.0 Å². The van der Waals surface area contributed by atoms with E-state index in [-0.39, 0.29) is 10.8 Å². The molecule has 0 aliphatic heterocycles. The number of sulfonamides is 1. The summed E-state index contributed by atoms with van der Waals surface area (Å²) in [5, 5.41) is 17.5. The first kappa shape index (κ1) is 22.5. The lowest BCUT2D eigenvalue weighted by atomic mass is 10.0. The molecule has 0 aromatic heterocycles. The van der Waals surface area contributed by atoms with Gasteiger partial charge in [0, 0.05) is 19.8 Å². The zero-order valence-corrected chi connectivity index (χ0v) is 17.7. The highest BCUT2D eigenvalue weighted by Crippen LogP contribution is 2.23. The van der Waals surface area contributed by atoms with Gasteiger partial charge in [0.25, 0.3) is 0 Å². The van der Waals surface area contributed by atoms with Crippen molar-refractivity contribution < 1.29 is 18.3 Å². The van der Waals surface area contributed by atoms with E-state index in [1.807, 2.05) is 50.2 Å². The summed E-state index contributed by atoms with van der Waals surface area (Å²) >= 11 is 0. The van der Waals surface area contributed by atoms with Gasteiger partial charge in [-0.25, -0.2) is 8.42 Å². The van der Waals surface area contributed by atoms with Crippen LogP contribution in [0.25, 0.3) is 0 Å². The molecule has 2 N–H and O–H groups in total. The van der Waals surface area contributed by atoms with Crippen LogP contribution in [0.5, 0.6) is 0 Å². The van der Waals surface area contributed by atoms with E-state index in [1.54, 1.807) is 6.92 Å². The zero-order valence-electron chi connectivity index (χ0n) is 16.9. The molecule has 0 bridgehead atoms. The Hall–Kier alpha value is -2.78. The Morgan fingerprint density at radius 2 is 1.52 bits per heavy atom. The van der Waals surface area contributed by atoms with Gasteiger partial charge in [0.05, 0.1) is 16.3 Å². The van der Waals surface area contributed by atoms with Gasteiger partial charge in [-0.3, -0.25) is 4.79 Å². The minimum Gasteiger partial charge on any atom is -0.480 e. The second-order valence-corrected chi connectivity index (χ2v) is 8.64. The fraction of sp³-hybridized carbons (Fsp3) is 0.350. The quantitative estimate of drug-likeness (QED) is 0.599. The van der Waals surface area contributed by atoms with E-state index in [4.69, 9.17) is 0 Å². The van der Waals surface area contributed by atoms with Crippen molar-refractivity contribution in [3.8, 4) is 0 Å². The second-order valence-electron chi connectivity index (χ2n) is 6.93. The molecule has 156 valence electrons. The first-order chi connectivity index (χ1) is 13.6. The van der Waals surface area contributed by atoms with Crippen LogP contribution in [0.3, 0.4) is 0 Å². The number of nitrogens with one attached hydrogen (secondary N) is 1. The second kappa shape index (κ2) is 9.62. The van der Waals surface area contributed by atoms with Crippen LogP contribution in [0.1, 0.15) is 20.3 Å². The lowest BCUT2D eigenvalue weighted by Gasteiger charge is -2.20. The molecule has 0 aliphatic rings. The van der Waals surface area contributed by atoms with Crippen molar-refractivity contribution in [2.24, 2.45) is 16.1 Å². The van der Waals surface area contributed by atoms with Crippen molar-refractivity contribution >= 4 is 33.1 Å². The SMILES string of the molecule is CC[C@H](C)[C@H](NS(=O)(=O)c1ccc(N=Nc2ccc(N(C)C)cc2)cc1)C(=O)O. The van der Waals surface area contributed by atoms with Crippen LogP contribution in [0.15, 0.2) is 63.7 Å². The van der Waals surface area contributed by atoms with Gasteiger partial charge in [0.1, 0.15) is 6.04 Å². The number of benzene rings is 2. The summed E-state index contributed by atoms with van der Waals surface area (Å²) < 4.78 is 27.3. The number of hydrogen-bond acceptors (Lipinski definition) is 6. The van der Waals surface area contributed by atoms with Crippen LogP contribution in [0.2, 0.25) is 0 Å². The molecule has 0 aliphatic carbocycles. The number of hydrogen-bond donors (Lipinski definition) is 2. The number of anilines is 1. The molecule has 2 atom stereocenters. The van der Waals surface area contributed by atoms with Crippen molar-refractivity contribution in [2.45, 2.75) is 31.2 Å². The van der Waals surface area contributed by atoms with Crippen molar-refractivity contribution in [2.75, 3.05) is 19.0 Å². The zero-order chi connectivity index (χ0) is 21.6. The number of carboxylic acids is 1. The molecule has 0 fully saturated rings. The van der Waals surface area contributed by atoms with E-state index < -0.39 is 22.0 Å². The molecule has 9 heteroatoms. The molecule has 0 saturated carbocycles. The van der Waals surface area contributed by atoms with Crippen LogP contribution >= 0.6 is 0 Å². The minimum atomic E-state index is -3.96. The van der Waals surface area contributed by atoms with E-state index in [2.05, 4.69) is 15.0 Å². The number of aliphatic carboxylic acids is 1. The molecule has 2 aromatic rings. The summed E-state index contributed by atoms with van der Waals surface area (Å²) in [6.45, 7) is 3.50. The largest absolute Gasteiger partial charge is 0.480 e. The molecule has 0 heterocycles. The van der Waals surface area contributed by atoms with E-state index in [1.165, 1.54) is 24.3 Å². The monoisotopic (exact) mass is 418 g/mol. The van der Waals surface area contributed by atoms with Crippen LogP contribution in [0.4, 0.5) is 17.1 Å². The molecule has 0 spiro atoms. The first-order valence-corrected chi connectivity index (χ1v) is 10.7. The predicted molar refractivity (Wildman–Crippen MR) is 113 cm³/mol. The summed E-state index contributed by atoms with van der Waals surface area (Å²) in [6.07, 6.45) is 0.536. The van der Waals surface area contributed by atoms with Crippen LogP contribution in [0, 0.1) is 5.92 Å². The topological polar surface area (TPSA) is 111 Å². The van der Waals surface area contributed by atoms with Gasteiger partial charge in [0.15, 0.2) is 0 Å². The standard InChI is InChI=1S/C20H26N4O4S/c1-5-14(2)19(20(25)26)23-29(27,28)18-12-8-16(9-13-18)22-21-15-6-10-17(11-7-15)24(3)4/h6-14,19,23H,5H2,1-4H3,(H,25,26)/t14-,19-/m0/s1. The third-order valence-electron chi connectivity index (χ3n) is 4.56. The van der Waals surface area contributed by atoms with Gasteiger partial charge in [-0.1, -0.05) is 20.3 Å². The molecule has 0 amide bonds. The number of azo groups is 1. The van der Waals surface area contributed by atoms with E-state index in [0.29, 0.717) is 17.8 Å². The number of carboxylic acid groups (broad SMARTS) is 1. The Balaban J connectivity index is 2.13. The Morgan fingerprint density at radius 3 is 1.93 bits per heavy atom. The molecular formula is C20H26N4O4S. The van der Waals surface area contributed by atoms with Crippen molar-refractivity contribution in [3.63, 3.8) is 0 Å². The molecular weight excluding hydrogens is 392 g/mol. The Kier molecular flexibility index (Phi) is 7.46. The molecule has 0 saturated heterocycles. The average molecular weight is 419 g/mol. The fourth-order valence-corrected chi connectivity index (χ4v) is 3.80. The number of rotatable bonds is 9. The van der Waals surface area contributed by atoms with Crippen molar-refractivity contribution in [3.05, 3.63) is 48.5 Å². The smallest absolute Gasteiger partial charge is 0.322 e. The van der Waals surface area contributed by atoms with E-state index >= 15 is 0 Å². The third kappa shape index (κ3) is 6.10. The van der Waals surface area contributed by atoms with Gasteiger partial charge in [-0.15, -0.1) is 0 Å². The Labute approximate surface area is 171 Å². The Bertz CT molecular complexity index is 955. The van der Waals surface area contributed by atoms with Crippen molar-refractivity contribution in [1.29, 1.82) is 0 Å². The highest BCUT2D eigenvalue weighted by Gasteiger charge is 2.29. The summed E-state index contributed by atoms with van der Waals surface area (Å²) in [5.41, 5.74) is 2.20. The van der Waals surface area contributed by atoms with E-state index in [9.17, 15) is 18.3 Å². The van der Waals surface area contributed by atoms with E-state index in [0.717, 1.165) is 5.69 Å². The predicted octanol–water partition coefficient (Wildman–Crippen LogP) is 3.95. The van der Waals surface area contributed by atoms with Gasteiger partial charge in [-0.2, -0.15) is 15.0 Å². The number of nitrogens with zero attached hydrogens (tertiary/aromatic N) is 3. The maximum atomic E-state index is 12.5. The average Bonchev–Trinajstić information content (AvgIpc) is 2.70. The molecule has 2 aromatic carbocycles. The summed E-state index contributed by atoms with van der Waals surface area (Å²) in [5.74, 6) is -1.54. The minimum absolute atomic E-state index is 0.0265. The molecule has 0 radical (unpaired) electrons. The Morgan fingerprint density at radius 1 is 1.03 bits per heavy atom. The first-order valence-electron chi connectivity index (χ1n) is 9.18. The van der Waals surface area contributed by atoms with Gasteiger partial charge < -0.3 is 10.0 Å². The maximum absolute atomic E-state index is 12.5. The fourth-order valence-electron chi connectivity index (χ4n) is 2.51. The molecule has 29 heavy (non-hydrogen) atoms. The maximum Gasteiger partial charge on any atom is 0.322 e. The highest BCUT2D eigenvalue weighted by molar-refractivity contribution is 7.89. The summed E-state index contributed by atoms with van der Waals surface area (Å²) in [4.78, 5) is 13.3. The lowest BCUT2D eigenvalue weighted by molar-refractivity contribution is -0.140. The molecule has 2 rings (SSSR count). The summed E-state index contributed by atoms with van der Waals surface area (Å²) in [7, 11) is -0.0702. The number of carbonyl (C=O) groups is 1.